The molecule has 3 heterocycles. The number of nitrogens with zero attached hydrogens (tertiary/aromatic N) is 1. The van der Waals surface area contributed by atoms with E-state index in [1.54, 1.807) is 0 Å². The number of H-pyrrole nitrogens is 1. The van der Waals surface area contributed by atoms with Gasteiger partial charge in [-0.05, 0) is 6.92 Å². The minimum Gasteiger partial charge on any atom is -0.394 e. The van der Waals surface area contributed by atoms with Crippen molar-refractivity contribution in [3.05, 3.63) is 32.6 Å². The number of carbonyl (C=O) groups excluding carboxylic acids is 1. The summed E-state index contributed by atoms with van der Waals surface area (Å²) in [7, 11) is -11.0. The quantitative estimate of drug-likeness (QED) is 0.121. The highest BCUT2D eigenvalue weighted by molar-refractivity contribution is 7.61. The van der Waals surface area contributed by atoms with Crippen molar-refractivity contribution in [1.82, 2.24) is 14.9 Å². The third kappa shape index (κ3) is 7.89. The number of aromatic nitrogens is 2. The Hall–Kier alpha value is -1.83. The average Bonchev–Trinajstić information content (AvgIpc) is 3.18. The molecule has 8 N–H and O–H groups in total. The Kier molecular flexibility index (Phi) is 10.0. The van der Waals surface area contributed by atoms with Gasteiger partial charge in [-0.3, -0.25) is 28.2 Å². The largest absolute Gasteiger partial charge is 0.486 e. The molecule has 0 aromatic carbocycles. The van der Waals surface area contributed by atoms with Crippen LogP contribution >= 0.6 is 15.6 Å². The number of aliphatic hydroxyl groups excluding tert-OH is 4. The molecule has 2 aliphatic rings. The molecule has 9 atom stereocenters. The maximum atomic E-state index is 13.2. The van der Waals surface area contributed by atoms with Crippen LogP contribution in [0.15, 0.2) is 15.8 Å². The van der Waals surface area contributed by atoms with Crippen LogP contribution in [-0.4, -0.2) is 102 Å². The molecule has 2 fully saturated rings. The zero-order valence-corrected chi connectivity index (χ0v) is 22.2. The highest BCUT2D eigenvalue weighted by Gasteiger charge is 2.50. The molecule has 2 saturated heterocycles. The molecule has 2 unspecified atom stereocenters. The Morgan fingerprint density at radius 3 is 2.44 bits per heavy atom. The van der Waals surface area contributed by atoms with Crippen molar-refractivity contribution >= 4 is 21.6 Å². The number of carbonyl (C=O) groups is 1. The molecule has 0 spiro atoms. The number of amides is 1. The summed E-state index contributed by atoms with van der Waals surface area (Å²) in [6.45, 7) is 0.704. The van der Waals surface area contributed by atoms with E-state index in [1.165, 1.54) is 13.1 Å². The van der Waals surface area contributed by atoms with Crippen LogP contribution in [-0.2, 0) is 36.8 Å². The monoisotopic (exact) mass is 605 g/mol. The van der Waals surface area contributed by atoms with Crippen molar-refractivity contribution in [2.75, 3.05) is 13.2 Å². The second kappa shape index (κ2) is 12.4. The van der Waals surface area contributed by atoms with Gasteiger partial charge in [0.1, 0.15) is 30.6 Å². The predicted octanol–water partition coefficient (Wildman–Crippen LogP) is -3.31. The lowest BCUT2D eigenvalue weighted by Crippen LogP contribution is -2.64. The summed E-state index contributed by atoms with van der Waals surface area (Å²) >= 11 is 0. The topological polar surface area (TPSA) is 286 Å². The van der Waals surface area contributed by atoms with Gasteiger partial charge in [-0.15, -0.1) is 0 Å². The summed E-state index contributed by atoms with van der Waals surface area (Å²) in [4.78, 5) is 55.8. The van der Waals surface area contributed by atoms with Crippen molar-refractivity contribution in [2.45, 2.75) is 69.3 Å². The molecule has 1 amide bonds. The highest BCUT2D eigenvalue weighted by Crippen LogP contribution is 2.62. The first-order valence-corrected chi connectivity index (χ1v) is 14.3. The van der Waals surface area contributed by atoms with Crippen LogP contribution in [0.3, 0.4) is 0 Å². The van der Waals surface area contributed by atoms with Crippen LogP contribution in [0.25, 0.3) is 0 Å². The molecule has 0 bridgehead atoms. The first-order valence-electron chi connectivity index (χ1n) is 11.3. The zero-order valence-electron chi connectivity index (χ0n) is 20.4. The average molecular weight is 605 g/mol. The first kappa shape index (κ1) is 31.7. The molecule has 0 aliphatic carbocycles. The highest BCUT2D eigenvalue weighted by atomic mass is 31.3. The van der Waals surface area contributed by atoms with Gasteiger partial charge >= 0.3 is 21.3 Å². The van der Waals surface area contributed by atoms with Gasteiger partial charge in [-0.2, -0.15) is 4.31 Å². The second-order valence-corrected chi connectivity index (χ2v) is 11.8. The Morgan fingerprint density at radius 2 is 1.85 bits per heavy atom. The number of hydrogen-bond acceptors (Lipinski definition) is 14. The number of phosphoric ester groups is 1. The Morgan fingerprint density at radius 1 is 1.18 bits per heavy atom. The van der Waals surface area contributed by atoms with E-state index in [9.17, 15) is 53.7 Å². The molecule has 19 nitrogen and oxygen atoms in total. The Bertz CT molecular complexity index is 1250. The number of phosphoric acid groups is 2. The number of rotatable bonds is 10. The molecular weight excluding hydrogens is 576 g/mol. The van der Waals surface area contributed by atoms with Crippen molar-refractivity contribution in [3.63, 3.8) is 0 Å². The Labute approximate surface area is 219 Å². The van der Waals surface area contributed by atoms with Gasteiger partial charge < -0.3 is 45.0 Å². The SMILES string of the molecule is CC(=O)N[C@H]1[C@@H](O)[C@H](OP(=O)(OC[C@H]2O[C@@H](n3cc(C)c(=O)[nH]c3=O)CC2O)OP(=O)(O)O)O[C@H](CO)[C@H]1O. The van der Waals surface area contributed by atoms with Crippen LogP contribution in [0.1, 0.15) is 25.1 Å². The number of aryl methyl sites for hydroxylation is 1. The minimum atomic E-state index is -5.60. The van der Waals surface area contributed by atoms with Gasteiger partial charge in [-0.25, -0.2) is 13.9 Å². The fourth-order valence-electron chi connectivity index (χ4n) is 3.91. The summed E-state index contributed by atoms with van der Waals surface area (Å²) in [5, 5.41) is 42.8. The third-order valence-electron chi connectivity index (χ3n) is 5.75. The summed E-state index contributed by atoms with van der Waals surface area (Å²) in [5.41, 5.74) is -1.32. The van der Waals surface area contributed by atoms with Gasteiger partial charge in [0.2, 0.25) is 5.91 Å². The molecule has 0 radical (unpaired) electrons. The van der Waals surface area contributed by atoms with Crippen LogP contribution in [0.2, 0.25) is 0 Å². The standard InChI is InChI=1S/C18H29N3O16P2/c1-7-4-21(18(28)20-16(7)27)12-3-9(24)11(34-12)6-33-39(32,37-38(29,30)31)36-17-15(26)13(19-8(2)23)14(25)10(5-22)35-17/h4,9-15,17,22,24-26H,3,5-6H2,1-2H3,(H,19,23)(H,20,27,28)(H2,29,30,31)/t9?,10-,11-,12-,13-,14-,15-,17+,39?/m1/s1. The van der Waals surface area contributed by atoms with E-state index in [-0.39, 0.29) is 12.0 Å². The predicted molar refractivity (Wildman–Crippen MR) is 124 cm³/mol. The van der Waals surface area contributed by atoms with Crippen molar-refractivity contribution in [2.24, 2.45) is 0 Å². The molecule has 1 aromatic rings. The molecule has 222 valence electrons. The molecule has 39 heavy (non-hydrogen) atoms. The molecule has 0 saturated carbocycles. The minimum absolute atomic E-state index is 0.162. The lowest BCUT2D eigenvalue weighted by atomic mass is 9.96. The van der Waals surface area contributed by atoms with Crippen molar-refractivity contribution < 1.29 is 67.0 Å². The van der Waals surface area contributed by atoms with Crippen molar-refractivity contribution in [3.8, 4) is 0 Å². The molecule has 2 aliphatic heterocycles. The maximum absolute atomic E-state index is 13.2. The van der Waals surface area contributed by atoms with Gasteiger partial charge in [-0.1, -0.05) is 0 Å². The zero-order chi connectivity index (χ0) is 29.3. The normalized spacial score (nSPS) is 33.0. The second-order valence-electron chi connectivity index (χ2n) is 8.76. The van der Waals surface area contributed by atoms with E-state index >= 15 is 0 Å². The van der Waals surface area contributed by atoms with E-state index < -0.39 is 95.1 Å². The lowest BCUT2D eigenvalue weighted by molar-refractivity contribution is -0.255. The summed E-state index contributed by atoms with van der Waals surface area (Å²) in [6.07, 6.45) is -10.2. The van der Waals surface area contributed by atoms with E-state index in [0.717, 1.165) is 11.5 Å². The fourth-order valence-corrected chi connectivity index (χ4v) is 6.11. The van der Waals surface area contributed by atoms with Gasteiger partial charge in [0.05, 0.1) is 25.4 Å². The van der Waals surface area contributed by atoms with Gasteiger partial charge in [0.15, 0.2) is 6.29 Å². The number of aliphatic hydroxyl groups is 4. The van der Waals surface area contributed by atoms with E-state index in [2.05, 4.69) is 14.6 Å². The summed E-state index contributed by atoms with van der Waals surface area (Å²) in [6, 6.07) is -1.54. The molecule has 1 aromatic heterocycles. The van der Waals surface area contributed by atoms with Crippen LogP contribution in [0.5, 0.6) is 0 Å². The third-order valence-corrected chi connectivity index (χ3v) is 8.33. The number of hydrogen-bond donors (Lipinski definition) is 8. The van der Waals surface area contributed by atoms with E-state index in [4.69, 9.17) is 18.5 Å². The van der Waals surface area contributed by atoms with Crippen LogP contribution < -0.4 is 16.6 Å². The molecule has 3 rings (SSSR count). The number of ether oxygens (including phenoxy) is 2. The summed E-state index contributed by atoms with van der Waals surface area (Å²) in [5.74, 6) is -0.722. The van der Waals surface area contributed by atoms with Gasteiger partial charge in [0, 0.05) is 25.1 Å². The summed E-state index contributed by atoms with van der Waals surface area (Å²) < 4.78 is 50.4. The smallest absolute Gasteiger partial charge is 0.394 e. The van der Waals surface area contributed by atoms with Gasteiger partial charge in [0.25, 0.3) is 5.56 Å². The number of nitrogens with one attached hydrogen (secondary N) is 2. The van der Waals surface area contributed by atoms with Crippen LogP contribution in [0, 0.1) is 6.92 Å². The number of aromatic amines is 1. The Balaban J connectivity index is 1.78. The molecule has 21 heteroatoms. The molecular formula is C18H29N3O16P2. The van der Waals surface area contributed by atoms with E-state index in [1.807, 2.05) is 0 Å². The fraction of sp³-hybridized carbons (Fsp3) is 0.722. The first-order chi connectivity index (χ1) is 18.0. The lowest BCUT2D eigenvalue weighted by Gasteiger charge is -2.42. The van der Waals surface area contributed by atoms with E-state index in [0.29, 0.717) is 0 Å². The van der Waals surface area contributed by atoms with Crippen LogP contribution in [0.4, 0.5) is 0 Å². The van der Waals surface area contributed by atoms with Crippen molar-refractivity contribution in [1.29, 1.82) is 0 Å². The maximum Gasteiger partial charge on any atom is 0.486 e.